The third kappa shape index (κ3) is 12.7. The Balaban J connectivity index is 3.34. The van der Waals surface area contributed by atoms with Gasteiger partial charge in [-0.2, -0.15) is 0 Å². The van der Waals surface area contributed by atoms with Gasteiger partial charge in [-0.25, -0.2) is 0 Å². The quantitative estimate of drug-likeness (QED) is 0.386. The van der Waals surface area contributed by atoms with Crippen molar-refractivity contribution >= 4 is 15.9 Å². The maximum atomic E-state index is 3.51. The lowest BCUT2D eigenvalue weighted by Crippen LogP contribution is -2.00. The average Bonchev–Trinajstić information content (AvgIpc) is 2.25. The van der Waals surface area contributed by atoms with E-state index in [2.05, 4.69) is 43.6 Å². The second kappa shape index (κ2) is 11.6. The summed E-state index contributed by atoms with van der Waals surface area (Å²) >= 11 is 3.51. The summed E-state index contributed by atoms with van der Waals surface area (Å²) in [6.07, 6.45) is 11.3. The molecule has 0 saturated carbocycles. The summed E-state index contributed by atoms with van der Waals surface area (Å²) in [7, 11) is 0. The number of alkyl halides is 1. The highest BCUT2D eigenvalue weighted by Gasteiger charge is 2.06. The van der Waals surface area contributed by atoms with Crippen LogP contribution in [0, 0.1) is 17.8 Å². The first-order chi connectivity index (χ1) is 8.06. The number of hydrogen-bond acceptors (Lipinski definition) is 0. The van der Waals surface area contributed by atoms with E-state index in [0.717, 1.165) is 17.8 Å². The summed E-state index contributed by atoms with van der Waals surface area (Å²) in [6.45, 7) is 9.50. The third-order valence-electron chi connectivity index (χ3n) is 3.70. The molecular formula is C16H33Br. The minimum Gasteiger partial charge on any atom is -0.0928 e. The fraction of sp³-hybridized carbons (Fsp3) is 1.00. The molecule has 0 N–H and O–H groups in total. The van der Waals surface area contributed by atoms with Crippen molar-refractivity contribution < 1.29 is 0 Å². The van der Waals surface area contributed by atoms with E-state index >= 15 is 0 Å². The van der Waals surface area contributed by atoms with Crippen LogP contribution in [0.4, 0.5) is 0 Å². The third-order valence-corrected chi connectivity index (χ3v) is 4.26. The standard InChI is InChI=1S/C16H33Br/c1-14(2)8-5-9-15(3)10-6-11-16(4)12-7-13-17/h14-16H,5-13H2,1-4H3/t15-,16-/m1/s1. The van der Waals surface area contributed by atoms with Crippen molar-refractivity contribution in [1.82, 2.24) is 0 Å². The van der Waals surface area contributed by atoms with E-state index in [1.807, 2.05) is 0 Å². The molecule has 0 aliphatic rings. The van der Waals surface area contributed by atoms with Crippen LogP contribution in [0.1, 0.15) is 79.1 Å². The molecule has 0 nitrogen and oxygen atoms in total. The van der Waals surface area contributed by atoms with Gasteiger partial charge in [0, 0.05) is 5.33 Å². The molecule has 0 radical (unpaired) electrons. The van der Waals surface area contributed by atoms with Crippen molar-refractivity contribution in [1.29, 1.82) is 0 Å². The van der Waals surface area contributed by atoms with E-state index < -0.39 is 0 Å². The predicted octanol–water partition coefficient (Wildman–Crippen LogP) is 6.43. The van der Waals surface area contributed by atoms with Crippen LogP contribution < -0.4 is 0 Å². The molecule has 0 bridgehead atoms. The molecule has 0 unspecified atom stereocenters. The van der Waals surface area contributed by atoms with E-state index in [1.54, 1.807) is 0 Å². The van der Waals surface area contributed by atoms with Gasteiger partial charge in [0.05, 0.1) is 0 Å². The molecule has 2 atom stereocenters. The molecule has 0 amide bonds. The first-order valence-corrected chi connectivity index (χ1v) is 8.74. The van der Waals surface area contributed by atoms with Crippen LogP contribution in [-0.4, -0.2) is 5.33 Å². The first kappa shape index (κ1) is 17.5. The van der Waals surface area contributed by atoms with Crippen molar-refractivity contribution in [3.63, 3.8) is 0 Å². The van der Waals surface area contributed by atoms with Gasteiger partial charge >= 0.3 is 0 Å². The monoisotopic (exact) mass is 304 g/mol. The number of hydrogen-bond donors (Lipinski definition) is 0. The van der Waals surface area contributed by atoms with E-state index in [-0.39, 0.29) is 0 Å². The van der Waals surface area contributed by atoms with Crippen molar-refractivity contribution in [2.75, 3.05) is 5.33 Å². The smallest absolute Gasteiger partial charge is 0.00314 e. The molecular weight excluding hydrogens is 272 g/mol. The summed E-state index contributed by atoms with van der Waals surface area (Å²) in [5.74, 6) is 2.75. The molecule has 0 rings (SSSR count). The zero-order valence-corrected chi connectivity index (χ0v) is 14.1. The number of rotatable bonds is 11. The zero-order chi connectivity index (χ0) is 13.1. The van der Waals surface area contributed by atoms with Gasteiger partial charge in [0.15, 0.2) is 0 Å². The zero-order valence-electron chi connectivity index (χ0n) is 12.5. The maximum Gasteiger partial charge on any atom is 0.00314 e. The van der Waals surface area contributed by atoms with E-state index in [9.17, 15) is 0 Å². The molecule has 0 aromatic rings. The Morgan fingerprint density at radius 1 is 0.647 bits per heavy atom. The predicted molar refractivity (Wildman–Crippen MR) is 83.9 cm³/mol. The summed E-state index contributed by atoms with van der Waals surface area (Å²) in [5.41, 5.74) is 0. The molecule has 0 spiro atoms. The fourth-order valence-corrected chi connectivity index (χ4v) is 2.73. The lowest BCUT2D eigenvalue weighted by molar-refractivity contribution is 0.392. The average molecular weight is 305 g/mol. The van der Waals surface area contributed by atoms with Crippen LogP contribution in [0.25, 0.3) is 0 Å². The topological polar surface area (TPSA) is 0 Å². The molecule has 17 heavy (non-hydrogen) atoms. The Bertz CT molecular complexity index is 154. The molecule has 0 aromatic heterocycles. The lowest BCUT2D eigenvalue weighted by atomic mass is 9.92. The van der Waals surface area contributed by atoms with E-state index in [0.29, 0.717) is 0 Å². The molecule has 0 aliphatic carbocycles. The van der Waals surface area contributed by atoms with Crippen LogP contribution in [0.5, 0.6) is 0 Å². The molecule has 0 fully saturated rings. The molecule has 0 aliphatic heterocycles. The van der Waals surface area contributed by atoms with Crippen LogP contribution in [0.15, 0.2) is 0 Å². The first-order valence-electron chi connectivity index (χ1n) is 7.62. The fourth-order valence-electron chi connectivity index (χ4n) is 2.40. The summed E-state index contributed by atoms with van der Waals surface area (Å²) in [4.78, 5) is 0. The van der Waals surface area contributed by atoms with Gasteiger partial charge in [0.1, 0.15) is 0 Å². The Labute approximate surface area is 118 Å². The van der Waals surface area contributed by atoms with Gasteiger partial charge in [-0.1, -0.05) is 82.1 Å². The molecule has 0 heterocycles. The second-order valence-electron chi connectivity index (χ2n) is 6.30. The van der Waals surface area contributed by atoms with Gasteiger partial charge < -0.3 is 0 Å². The van der Waals surface area contributed by atoms with E-state index in [4.69, 9.17) is 0 Å². The SMILES string of the molecule is CC(C)CCC[C@@H](C)CCC[C@@H](C)CCCBr. The summed E-state index contributed by atoms with van der Waals surface area (Å²) in [6, 6.07) is 0. The maximum absolute atomic E-state index is 3.51. The van der Waals surface area contributed by atoms with Crippen molar-refractivity contribution in [3.8, 4) is 0 Å². The normalized spacial score (nSPS) is 15.2. The van der Waals surface area contributed by atoms with Crippen molar-refractivity contribution in [2.45, 2.75) is 79.1 Å². The van der Waals surface area contributed by atoms with Crippen molar-refractivity contribution in [3.05, 3.63) is 0 Å². The van der Waals surface area contributed by atoms with Gasteiger partial charge in [-0.3, -0.25) is 0 Å². The van der Waals surface area contributed by atoms with Gasteiger partial charge in [0.25, 0.3) is 0 Å². The summed E-state index contributed by atoms with van der Waals surface area (Å²) in [5, 5.41) is 1.17. The van der Waals surface area contributed by atoms with Gasteiger partial charge in [-0.05, 0) is 30.6 Å². The minimum atomic E-state index is 0.881. The second-order valence-corrected chi connectivity index (χ2v) is 7.09. The molecule has 104 valence electrons. The van der Waals surface area contributed by atoms with Crippen LogP contribution in [-0.2, 0) is 0 Å². The Morgan fingerprint density at radius 2 is 1.06 bits per heavy atom. The van der Waals surface area contributed by atoms with Gasteiger partial charge in [0.2, 0.25) is 0 Å². The Morgan fingerprint density at radius 3 is 1.47 bits per heavy atom. The number of halogens is 1. The van der Waals surface area contributed by atoms with Crippen LogP contribution in [0.2, 0.25) is 0 Å². The van der Waals surface area contributed by atoms with Crippen LogP contribution >= 0.6 is 15.9 Å². The van der Waals surface area contributed by atoms with Crippen LogP contribution in [0.3, 0.4) is 0 Å². The largest absolute Gasteiger partial charge is 0.0928 e. The minimum absolute atomic E-state index is 0.881. The lowest BCUT2D eigenvalue weighted by Gasteiger charge is -2.14. The Hall–Kier alpha value is 0.480. The highest BCUT2D eigenvalue weighted by atomic mass is 79.9. The Kier molecular flexibility index (Phi) is 11.9. The molecule has 0 saturated heterocycles. The van der Waals surface area contributed by atoms with E-state index in [1.165, 1.54) is 56.7 Å². The molecule has 0 aromatic carbocycles. The highest BCUT2D eigenvalue weighted by molar-refractivity contribution is 9.09. The highest BCUT2D eigenvalue weighted by Crippen LogP contribution is 2.20. The summed E-state index contributed by atoms with van der Waals surface area (Å²) < 4.78 is 0. The molecule has 1 heteroatoms. The van der Waals surface area contributed by atoms with Gasteiger partial charge in [-0.15, -0.1) is 0 Å². The van der Waals surface area contributed by atoms with Crippen molar-refractivity contribution in [2.24, 2.45) is 17.8 Å².